The number of hydrogen-bond donors (Lipinski definition) is 2. The summed E-state index contributed by atoms with van der Waals surface area (Å²) in [4.78, 5) is 18.3. The van der Waals surface area contributed by atoms with E-state index >= 15 is 0 Å². The van der Waals surface area contributed by atoms with Crippen molar-refractivity contribution >= 4 is 32.0 Å². The third-order valence-electron chi connectivity index (χ3n) is 4.72. The zero-order valence-corrected chi connectivity index (χ0v) is 18.6. The lowest BCUT2D eigenvalue weighted by Gasteiger charge is -2.36. The van der Waals surface area contributed by atoms with Gasteiger partial charge in [-0.15, -0.1) is 0 Å². The Morgan fingerprint density at radius 3 is 1.71 bits per heavy atom. The average molecular weight is 481 g/mol. The Hall–Kier alpha value is -2.10. The van der Waals surface area contributed by atoms with Gasteiger partial charge in [0, 0.05) is 40.0 Å². The minimum atomic E-state index is -3.68. The molecule has 12 nitrogen and oxygen atoms in total. The van der Waals surface area contributed by atoms with E-state index in [0.29, 0.717) is 39.1 Å². The normalized spacial score (nSPS) is 19.1. The zero-order valence-electron chi connectivity index (χ0n) is 16.9. The molecule has 31 heavy (non-hydrogen) atoms. The van der Waals surface area contributed by atoms with Gasteiger partial charge in [0.2, 0.25) is 20.0 Å². The SMILES string of the molecule is CN(C)S(=O)(=O)c1ccc(S(=O)(=O)N2CCC3(CC2)OCCO3)cc1.O=C(O)C(=O)O. The summed E-state index contributed by atoms with van der Waals surface area (Å²) >= 11 is 0. The molecular weight excluding hydrogens is 456 g/mol. The average Bonchev–Trinajstić information content (AvgIpc) is 3.16. The maximum absolute atomic E-state index is 12.8. The van der Waals surface area contributed by atoms with Crippen LogP contribution in [0.15, 0.2) is 34.1 Å². The van der Waals surface area contributed by atoms with Crippen LogP contribution in [0.2, 0.25) is 0 Å². The zero-order chi connectivity index (χ0) is 23.4. The van der Waals surface area contributed by atoms with Gasteiger partial charge in [0.05, 0.1) is 23.0 Å². The fraction of sp³-hybridized carbons (Fsp3) is 0.529. The number of hydrogen-bond acceptors (Lipinski definition) is 8. The van der Waals surface area contributed by atoms with Crippen molar-refractivity contribution in [3.8, 4) is 0 Å². The highest BCUT2D eigenvalue weighted by Gasteiger charge is 2.42. The van der Waals surface area contributed by atoms with E-state index < -0.39 is 37.8 Å². The first-order valence-corrected chi connectivity index (χ1v) is 12.0. The van der Waals surface area contributed by atoms with Crippen molar-refractivity contribution in [3.05, 3.63) is 24.3 Å². The number of carboxylic acids is 2. The van der Waals surface area contributed by atoms with E-state index in [1.54, 1.807) is 0 Å². The first-order chi connectivity index (χ1) is 14.3. The van der Waals surface area contributed by atoms with E-state index in [-0.39, 0.29) is 9.79 Å². The van der Waals surface area contributed by atoms with Crippen molar-refractivity contribution in [2.45, 2.75) is 28.4 Å². The highest BCUT2D eigenvalue weighted by Crippen LogP contribution is 2.33. The Labute approximate surface area is 180 Å². The Bertz CT molecular complexity index is 991. The molecule has 2 N–H and O–H groups in total. The lowest BCUT2D eigenvalue weighted by atomic mass is 10.1. The van der Waals surface area contributed by atoms with Crippen LogP contribution in [0.3, 0.4) is 0 Å². The molecule has 2 aliphatic rings. The van der Waals surface area contributed by atoms with E-state index in [1.165, 1.54) is 42.7 Å². The van der Waals surface area contributed by atoms with E-state index in [2.05, 4.69) is 0 Å². The predicted molar refractivity (Wildman–Crippen MR) is 105 cm³/mol. The molecule has 0 aromatic heterocycles. The third kappa shape index (κ3) is 5.78. The van der Waals surface area contributed by atoms with Crippen molar-refractivity contribution in [1.82, 2.24) is 8.61 Å². The van der Waals surface area contributed by atoms with Crippen LogP contribution in [-0.2, 0) is 39.1 Å². The fourth-order valence-corrected chi connectivity index (χ4v) is 5.34. The van der Waals surface area contributed by atoms with Crippen LogP contribution in [0, 0.1) is 0 Å². The predicted octanol–water partition coefficient (Wildman–Crippen LogP) is -0.380. The lowest BCUT2D eigenvalue weighted by Crippen LogP contribution is -2.47. The number of carboxylic acid groups (broad SMARTS) is 2. The van der Waals surface area contributed by atoms with Gasteiger partial charge in [0.25, 0.3) is 0 Å². The second-order valence-corrected chi connectivity index (χ2v) is 11.0. The monoisotopic (exact) mass is 480 g/mol. The second-order valence-electron chi connectivity index (χ2n) is 6.88. The van der Waals surface area contributed by atoms with Gasteiger partial charge in [-0.1, -0.05) is 0 Å². The summed E-state index contributed by atoms with van der Waals surface area (Å²) < 4.78 is 63.4. The molecule has 0 bridgehead atoms. The molecule has 2 saturated heterocycles. The summed E-state index contributed by atoms with van der Waals surface area (Å²) in [6.07, 6.45) is 0.971. The number of benzene rings is 1. The van der Waals surface area contributed by atoms with Crippen LogP contribution in [0.1, 0.15) is 12.8 Å². The van der Waals surface area contributed by atoms with Crippen molar-refractivity contribution in [2.75, 3.05) is 40.4 Å². The van der Waals surface area contributed by atoms with E-state index in [1.807, 2.05) is 0 Å². The quantitative estimate of drug-likeness (QED) is 0.542. The molecule has 3 rings (SSSR count). The van der Waals surface area contributed by atoms with Crippen molar-refractivity contribution in [1.29, 1.82) is 0 Å². The number of ether oxygens (including phenoxy) is 2. The number of rotatable bonds is 4. The van der Waals surface area contributed by atoms with Crippen molar-refractivity contribution < 1.29 is 46.1 Å². The standard InChI is InChI=1S/C15H22N2O6S2.C2H2O4/c1-16(2)24(18,19)13-3-5-14(6-4-13)25(20,21)17-9-7-15(8-10-17)22-11-12-23-15;3-1(4)2(5)6/h3-6H,7-12H2,1-2H3;(H,3,4)(H,5,6). The number of aliphatic carboxylic acids is 2. The number of piperidine rings is 1. The summed E-state index contributed by atoms with van der Waals surface area (Å²) in [6.45, 7) is 1.68. The van der Waals surface area contributed by atoms with Crippen LogP contribution in [-0.4, -0.2) is 93.8 Å². The summed E-state index contributed by atoms with van der Waals surface area (Å²) in [7, 11) is -4.41. The smallest absolute Gasteiger partial charge is 0.414 e. The Balaban J connectivity index is 0.000000501. The van der Waals surface area contributed by atoms with E-state index in [0.717, 1.165) is 4.31 Å². The van der Waals surface area contributed by atoms with Gasteiger partial charge in [-0.05, 0) is 24.3 Å². The number of sulfonamides is 2. The Kier molecular flexibility index (Phi) is 7.78. The van der Waals surface area contributed by atoms with Crippen LogP contribution >= 0.6 is 0 Å². The fourth-order valence-electron chi connectivity index (χ4n) is 3.00. The number of carbonyl (C=O) groups is 2. The summed E-state index contributed by atoms with van der Waals surface area (Å²) in [5.74, 6) is -4.29. The molecule has 14 heteroatoms. The van der Waals surface area contributed by atoms with Crippen LogP contribution in [0.4, 0.5) is 0 Å². The van der Waals surface area contributed by atoms with E-state index in [9.17, 15) is 16.8 Å². The van der Waals surface area contributed by atoms with Gasteiger partial charge < -0.3 is 19.7 Å². The molecule has 1 aromatic rings. The highest BCUT2D eigenvalue weighted by molar-refractivity contribution is 7.89. The summed E-state index contributed by atoms with van der Waals surface area (Å²) in [5.41, 5.74) is 0. The first kappa shape index (κ1) is 25.2. The van der Waals surface area contributed by atoms with Gasteiger partial charge in [0.15, 0.2) is 5.79 Å². The minimum absolute atomic E-state index is 0.0572. The van der Waals surface area contributed by atoms with Gasteiger partial charge in [-0.25, -0.2) is 30.7 Å². The van der Waals surface area contributed by atoms with E-state index in [4.69, 9.17) is 29.3 Å². The Morgan fingerprint density at radius 1 is 0.903 bits per heavy atom. The molecule has 0 amide bonds. The van der Waals surface area contributed by atoms with Crippen LogP contribution in [0.5, 0.6) is 0 Å². The first-order valence-electron chi connectivity index (χ1n) is 9.09. The molecule has 0 radical (unpaired) electrons. The molecular formula is C17H24N2O10S2. The molecule has 0 atom stereocenters. The van der Waals surface area contributed by atoms with Crippen molar-refractivity contribution in [3.63, 3.8) is 0 Å². The molecule has 2 aliphatic heterocycles. The molecule has 0 unspecified atom stereocenters. The Morgan fingerprint density at radius 2 is 1.32 bits per heavy atom. The molecule has 0 saturated carbocycles. The molecule has 174 valence electrons. The summed E-state index contributed by atoms with van der Waals surface area (Å²) in [5, 5.41) is 14.8. The molecule has 1 spiro atoms. The second kappa shape index (κ2) is 9.58. The third-order valence-corrected chi connectivity index (χ3v) is 8.46. The van der Waals surface area contributed by atoms with Gasteiger partial charge in [-0.3, -0.25) is 0 Å². The minimum Gasteiger partial charge on any atom is -0.473 e. The maximum atomic E-state index is 12.8. The molecule has 0 aliphatic carbocycles. The van der Waals surface area contributed by atoms with Gasteiger partial charge >= 0.3 is 11.9 Å². The maximum Gasteiger partial charge on any atom is 0.414 e. The van der Waals surface area contributed by atoms with Crippen LogP contribution < -0.4 is 0 Å². The highest BCUT2D eigenvalue weighted by atomic mass is 32.2. The van der Waals surface area contributed by atoms with Crippen LogP contribution in [0.25, 0.3) is 0 Å². The lowest BCUT2D eigenvalue weighted by molar-refractivity contribution is -0.179. The van der Waals surface area contributed by atoms with Crippen molar-refractivity contribution in [2.24, 2.45) is 0 Å². The largest absolute Gasteiger partial charge is 0.473 e. The topological polar surface area (TPSA) is 168 Å². The number of nitrogens with zero attached hydrogens (tertiary/aromatic N) is 2. The summed E-state index contributed by atoms with van der Waals surface area (Å²) in [6, 6.07) is 5.30. The molecule has 1 aromatic carbocycles. The van der Waals surface area contributed by atoms with Gasteiger partial charge in [-0.2, -0.15) is 4.31 Å². The molecule has 2 fully saturated rings. The van der Waals surface area contributed by atoms with Gasteiger partial charge in [0.1, 0.15) is 0 Å². The molecule has 2 heterocycles.